The van der Waals surface area contributed by atoms with Gasteiger partial charge in [-0.1, -0.05) is 0 Å². The minimum atomic E-state index is -0.398. The number of rotatable bonds is 4. The van der Waals surface area contributed by atoms with Crippen molar-refractivity contribution in [2.24, 2.45) is 0 Å². The summed E-state index contributed by atoms with van der Waals surface area (Å²) < 4.78 is 27.8. The molecule has 5 heteroatoms. The third kappa shape index (κ3) is 3.39. The average Bonchev–Trinajstić information content (AvgIpc) is 2.42. The fourth-order valence-electron chi connectivity index (χ4n) is 1.66. The van der Waals surface area contributed by atoms with Gasteiger partial charge in [-0.3, -0.25) is 0 Å². The van der Waals surface area contributed by atoms with Gasteiger partial charge in [0.05, 0.1) is 0 Å². The van der Waals surface area contributed by atoms with E-state index in [0.717, 1.165) is 8.92 Å². The number of hydrogen-bond donors (Lipinski definition) is 2. The van der Waals surface area contributed by atoms with Gasteiger partial charge in [-0.05, 0) is 0 Å². The molecule has 0 bridgehead atoms. The second kappa shape index (κ2) is 6.26. The van der Waals surface area contributed by atoms with E-state index in [1.54, 1.807) is 12.1 Å². The number of hydrogen-bond acceptors (Lipinski definition) is 2. The quantitative estimate of drug-likeness (QED) is 0.807. The molecule has 0 aliphatic carbocycles. The van der Waals surface area contributed by atoms with Crippen LogP contribution in [0.1, 0.15) is 11.1 Å². The average molecular weight is 329 g/mol. The first-order chi connectivity index (χ1) is 9.13. The summed E-state index contributed by atoms with van der Waals surface area (Å²) in [7, 11) is 0. The molecular formula is C14H12F2O2Se. The van der Waals surface area contributed by atoms with E-state index in [1.165, 1.54) is 24.3 Å². The summed E-state index contributed by atoms with van der Waals surface area (Å²) in [5.74, 6) is -0.796. The molecule has 0 heterocycles. The molecule has 2 N–H and O–H groups in total. The van der Waals surface area contributed by atoms with E-state index in [-0.39, 0.29) is 28.2 Å². The SMILES string of the molecule is OCc1cc(F)ccc1[Se]c1ccc(F)cc1CO. The van der Waals surface area contributed by atoms with Crippen molar-refractivity contribution in [1.29, 1.82) is 0 Å². The Balaban J connectivity index is 2.36. The van der Waals surface area contributed by atoms with E-state index in [9.17, 15) is 19.0 Å². The van der Waals surface area contributed by atoms with Gasteiger partial charge in [0.15, 0.2) is 0 Å². The summed E-state index contributed by atoms with van der Waals surface area (Å²) in [6.45, 7) is -0.491. The number of benzene rings is 2. The molecule has 0 aromatic heterocycles. The van der Waals surface area contributed by atoms with E-state index in [4.69, 9.17) is 0 Å². The van der Waals surface area contributed by atoms with Crippen LogP contribution in [-0.2, 0) is 13.2 Å². The molecule has 2 aromatic rings. The van der Waals surface area contributed by atoms with Gasteiger partial charge >= 0.3 is 115 Å². The molecule has 0 radical (unpaired) electrons. The summed E-state index contributed by atoms with van der Waals surface area (Å²) in [4.78, 5) is 0. The van der Waals surface area contributed by atoms with Crippen LogP contribution in [0.15, 0.2) is 36.4 Å². The van der Waals surface area contributed by atoms with Gasteiger partial charge in [-0.15, -0.1) is 0 Å². The predicted molar refractivity (Wildman–Crippen MR) is 69.7 cm³/mol. The summed E-state index contributed by atoms with van der Waals surface area (Å²) in [5.41, 5.74) is 1.04. The van der Waals surface area contributed by atoms with Crippen LogP contribution in [0.3, 0.4) is 0 Å². The normalized spacial score (nSPS) is 10.7. The molecule has 2 aromatic carbocycles. The van der Waals surface area contributed by atoms with Gasteiger partial charge in [0.25, 0.3) is 0 Å². The molecule has 0 atom stereocenters. The van der Waals surface area contributed by atoms with E-state index >= 15 is 0 Å². The zero-order valence-corrected chi connectivity index (χ0v) is 11.6. The third-order valence-electron chi connectivity index (χ3n) is 2.61. The van der Waals surface area contributed by atoms with Crippen LogP contribution in [0.25, 0.3) is 0 Å². The van der Waals surface area contributed by atoms with E-state index < -0.39 is 11.6 Å². The number of aliphatic hydroxyl groups is 2. The first kappa shape index (κ1) is 14.2. The summed E-state index contributed by atoms with van der Waals surface area (Å²) in [5, 5.41) is 18.5. The molecule has 0 aliphatic heterocycles. The molecule has 2 rings (SSSR count). The van der Waals surface area contributed by atoms with Gasteiger partial charge < -0.3 is 0 Å². The summed E-state index contributed by atoms with van der Waals surface area (Å²) >= 11 is -0.225. The maximum atomic E-state index is 13.1. The van der Waals surface area contributed by atoms with Gasteiger partial charge in [0.1, 0.15) is 0 Å². The molecule has 19 heavy (non-hydrogen) atoms. The van der Waals surface area contributed by atoms with E-state index in [0.29, 0.717) is 11.1 Å². The number of halogens is 2. The topological polar surface area (TPSA) is 40.5 Å². The second-order valence-electron chi connectivity index (χ2n) is 3.92. The Hall–Kier alpha value is -1.26. The van der Waals surface area contributed by atoms with Crippen LogP contribution < -0.4 is 8.92 Å². The van der Waals surface area contributed by atoms with Gasteiger partial charge in [0, 0.05) is 0 Å². The molecule has 0 saturated carbocycles. The minimum absolute atomic E-state index is 0.225. The Bertz CT molecular complexity index is 536. The third-order valence-corrected chi connectivity index (χ3v) is 5.20. The van der Waals surface area contributed by atoms with Crippen LogP contribution in [-0.4, -0.2) is 25.2 Å². The fraction of sp³-hybridized carbons (Fsp3) is 0.143. The first-order valence-corrected chi connectivity index (χ1v) is 7.31. The zero-order chi connectivity index (χ0) is 13.8. The fourth-order valence-corrected chi connectivity index (χ4v) is 3.80. The van der Waals surface area contributed by atoms with Crippen LogP contribution in [0.5, 0.6) is 0 Å². The Morgan fingerprint density at radius 1 is 0.789 bits per heavy atom. The molecular weight excluding hydrogens is 317 g/mol. The first-order valence-electron chi connectivity index (χ1n) is 5.60. The predicted octanol–water partition coefficient (Wildman–Crippen LogP) is 0.604. The van der Waals surface area contributed by atoms with Gasteiger partial charge in [-0.25, -0.2) is 0 Å². The van der Waals surface area contributed by atoms with Crippen molar-refractivity contribution >= 4 is 23.9 Å². The zero-order valence-electron chi connectivity index (χ0n) is 9.94. The van der Waals surface area contributed by atoms with Crippen molar-refractivity contribution in [3.8, 4) is 0 Å². The van der Waals surface area contributed by atoms with Crippen molar-refractivity contribution in [2.75, 3.05) is 0 Å². The second-order valence-corrected chi connectivity index (χ2v) is 6.20. The molecule has 0 saturated heterocycles. The molecule has 0 amide bonds. The van der Waals surface area contributed by atoms with Crippen molar-refractivity contribution in [3.05, 3.63) is 59.2 Å². The molecule has 0 aliphatic rings. The van der Waals surface area contributed by atoms with Crippen molar-refractivity contribution in [1.82, 2.24) is 0 Å². The molecule has 0 unspecified atom stereocenters. The van der Waals surface area contributed by atoms with E-state index in [1.807, 2.05) is 0 Å². The van der Waals surface area contributed by atoms with Crippen LogP contribution in [0.4, 0.5) is 8.78 Å². The molecule has 2 nitrogen and oxygen atoms in total. The van der Waals surface area contributed by atoms with Crippen molar-refractivity contribution in [2.45, 2.75) is 13.2 Å². The number of aliphatic hydroxyl groups excluding tert-OH is 2. The monoisotopic (exact) mass is 330 g/mol. The van der Waals surface area contributed by atoms with Crippen molar-refractivity contribution < 1.29 is 19.0 Å². The maximum absolute atomic E-state index is 13.1. The molecule has 0 fully saturated rings. The summed E-state index contributed by atoms with van der Waals surface area (Å²) in [6.07, 6.45) is 0. The summed E-state index contributed by atoms with van der Waals surface area (Å²) in [6, 6.07) is 8.48. The molecule has 0 spiro atoms. The van der Waals surface area contributed by atoms with Crippen LogP contribution >= 0.6 is 0 Å². The Morgan fingerprint density at radius 2 is 1.21 bits per heavy atom. The van der Waals surface area contributed by atoms with Crippen LogP contribution in [0.2, 0.25) is 0 Å². The Morgan fingerprint density at radius 3 is 1.58 bits per heavy atom. The Labute approximate surface area is 115 Å². The van der Waals surface area contributed by atoms with Crippen LogP contribution in [0, 0.1) is 11.6 Å². The van der Waals surface area contributed by atoms with E-state index in [2.05, 4.69) is 0 Å². The van der Waals surface area contributed by atoms with Gasteiger partial charge in [0.2, 0.25) is 0 Å². The van der Waals surface area contributed by atoms with Gasteiger partial charge in [-0.2, -0.15) is 0 Å². The van der Waals surface area contributed by atoms with Crippen molar-refractivity contribution in [3.63, 3.8) is 0 Å². The standard InChI is InChI=1S/C14H12F2O2Se/c15-11-1-3-13(9(5-11)7-17)19-14-4-2-12(16)6-10(14)8-18/h1-6,17-18H,7-8H2. The Kier molecular flexibility index (Phi) is 4.66. The molecule has 100 valence electrons.